The van der Waals surface area contributed by atoms with E-state index >= 15 is 0 Å². The number of benzene rings is 1. The Balaban J connectivity index is 0.00000192. The van der Waals surface area contributed by atoms with Crippen LogP contribution in [0.5, 0.6) is 0 Å². The zero-order chi connectivity index (χ0) is 15.7. The Kier molecular flexibility index (Phi) is 5.69. The van der Waals surface area contributed by atoms with Crippen molar-refractivity contribution in [2.45, 2.75) is 39.2 Å². The normalized spacial score (nSPS) is 23.0. The number of nitrogens with one attached hydrogen (secondary N) is 1. The fourth-order valence-electron chi connectivity index (χ4n) is 3.92. The molecular weight excluding hydrogens is 315 g/mol. The van der Waals surface area contributed by atoms with E-state index < -0.39 is 0 Å². The molecule has 2 fully saturated rings. The van der Waals surface area contributed by atoms with Crippen molar-refractivity contribution in [2.75, 3.05) is 19.6 Å². The van der Waals surface area contributed by atoms with Crippen LogP contribution in [0.4, 0.5) is 4.39 Å². The topological polar surface area (TPSA) is 32.3 Å². The Bertz CT molecular complexity index is 542. The molecule has 0 radical (unpaired) electrons. The van der Waals surface area contributed by atoms with E-state index in [0.717, 1.165) is 37.9 Å². The molecule has 1 N–H and O–H groups in total. The zero-order valence-electron chi connectivity index (χ0n) is 13.8. The van der Waals surface area contributed by atoms with Crippen molar-refractivity contribution in [1.82, 2.24) is 10.2 Å². The van der Waals surface area contributed by atoms with Gasteiger partial charge in [0.25, 0.3) is 0 Å². The molecule has 5 heteroatoms. The lowest BCUT2D eigenvalue weighted by Crippen LogP contribution is -2.38. The average molecular weight is 341 g/mol. The number of hydrogen-bond acceptors (Lipinski definition) is 2. The van der Waals surface area contributed by atoms with Gasteiger partial charge in [-0.15, -0.1) is 12.4 Å². The number of carbonyl (C=O) groups is 1. The fraction of sp³-hybridized carbons (Fsp3) is 0.611. The molecule has 1 amide bonds. The van der Waals surface area contributed by atoms with Gasteiger partial charge in [-0.3, -0.25) is 4.79 Å². The number of carbonyl (C=O) groups excluding carboxylic acids is 1. The van der Waals surface area contributed by atoms with E-state index in [4.69, 9.17) is 0 Å². The largest absolute Gasteiger partial charge is 0.336 e. The highest BCUT2D eigenvalue weighted by atomic mass is 35.5. The monoisotopic (exact) mass is 340 g/mol. The molecule has 0 bridgehead atoms. The highest BCUT2D eigenvalue weighted by Gasteiger charge is 2.58. The van der Waals surface area contributed by atoms with Crippen molar-refractivity contribution in [3.8, 4) is 0 Å². The summed E-state index contributed by atoms with van der Waals surface area (Å²) >= 11 is 0. The predicted molar refractivity (Wildman–Crippen MR) is 92.1 cm³/mol. The van der Waals surface area contributed by atoms with Gasteiger partial charge >= 0.3 is 0 Å². The molecule has 128 valence electrons. The van der Waals surface area contributed by atoms with E-state index in [1.807, 2.05) is 18.7 Å². The summed E-state index contributed by atoms with van der Waals surface area (Å²) in [6, 6.07) is 6.50. The van der Waals surface area contributed by atoms with E-state index in [9.17, 15) is 9.18 Å². The quantitative estimate of drug-likeness (QED) is 0.909. The van der Waals surface area contributed by atoms with E-state index in [0.29, 0.717) is 6.54 Å². The SMILES string of the molecule is CCN(C(=O)C1CC12CCNCC2)C(C)c1ccc(F)cc1.Cl. The van der Waals surface area contributed by atoms with Crippen LogP contribution in [0.3, 0.4) is 0 Å². The lowest BCUT2D eigenvalue weighted by molar-refractivity contribution is -0.135. The first-order valence-electron chi connectivity index (χ1n) is 8.34. The Morgan fingerprint density at radius 2 is 1.96 bits per heavy atom. The number of amides is 1. The van der Waals surface area contributed by atoms with Gasteiger partial charge in [-0.2, -0.15) is 0 Å². The molecule has 2 unspecified atom stereocenters. The van der Waals surface area contributed by atoms with E-state index in [1.165, 1.54) is 12.1 Å². The summed E-state index contributed by atoms with van der Waals surface area (Å²) in [4.78, 5) is 14.9. The molecule has 1 aromatic rings. The Morgan fingerprint density at radius 1 is 1.35 bits per heavy atom. The highest BCUT2D eigenvalue weighted by molar-refractivity contribution is 5.85. The molecule has 0 aromatic heterocycles. The number of hydrogen-bond donors (Lipinski definition) is 1. The molecule has 3 rings (SSSR count). The maximum Gasteiger partial charge on any atom is 0.226 e. The van der Waals surface area contributed by atoms with Crippen LogP contribution in [-0.4, -0.2) is 30.4 Å². The lowest BCUT2D eigenvalue weighted by Gasteiger charge is -2.31. The van der Waals surface area contributed by atoms with Crippen LogP contribution < -0.4 is 5.32 Å². The summed E-state index contributed by atoms with van der Waals surface area (Å²) in [6.07, 6.45) is 3.28. The molecular formula is C18H26ClFN2O. The first-order valence-corrected chi connectivity index (χ1v) is 8.34. The standard InChI is InChI=1S/C18H25FN2O.ClH/c1-3-21(13(2)14-4-6-15(19)7-5-14)17(22)16-12-18(16)8-10-20-11-9-18;/h4-7,13,16,20H,3,8-12H2,1-2H3;1H. The van der Waals surface area contributed by atoms with Crippen molar-refractivity contribution < 1.29 is 9.18 Å². The maximum atomic E-state index is 13.1. The molecule has 1 spiro atoms. The predicted octanol–water partition coefficient (Wildman–Crippen LogP) is 3.55. The van der Waals surface area contributed by atoms with Crippen LogP contribution in [0.2, 0.25) is 0 Å². The molecule has 1 saturated carbocycles. The van der Waals surface area contributed by atoms with Crippen LogP contribution in [0, 0.1) is 17.2 Å². The van der Waals surface area contributed by atoms with Crippen molar-refractivity contribution in [1.29, 1.82) is 0 Å². The van der Waals surface area contributed by atoms with E-state index in [1.54, 1.807) is 12.1 Å². The molecule has 23 heavy (non-hydrogen) atoms. The average Bonchev–Trinajstić information content (AvgIpc) is 3.22. The van der Waals surface area contributed by atoms with Gasteiger partial charge in [-0.05, 0) is 69.3 Å². The molecule has 2 aliphatic rings. The fourth-order valence-corrected chi connectivity index (χ4v) is 3.92. The second kappa shape index (κ2) is 7.18. The molecule has 1 heterocycles. The van der Waals surface area contributed by atoms with Crippen molar-refractivity contribution in [3.63, 3.8) is 0 Å². The third kappa shape index (κ3) is 3.53. The summed E-state index contributed by atoms with van der Waals surface area (Å²) in [7, 11) is 0. The van der Waals surface area contributed by atoms with Crippen molar-refractivity contribution >= 4 is 18.3 Å². The lowest BCUT2D eigenvalue weighted by atomic mass is 9.91. The van der Waals surface area contributed by atoms with Gasteiger partial charge in [-0.25, -0.2) is 4.39 Å². The van der Waals surface area contributed by atoms with Gasteiger partial charge in [-0.1, -0.05) is 12.1 Å². The summed E-state index contributed by atoms with van der Waals surface area (Å²) in [5.41, 5.74) is 1.26. The van der Waals surface area contributed by atoms with Gasteiger partial charge in [0.05, 0.1) is 6.04 Å². The molecule has 1 aromatic carbocycles. The van der Waals surface area contributed by atoms with E-state index in [2.05, 4.69) is 5.32 Å². The minimum absolute atomic E-state index is 0. The zero-order valence-corrected chi connectivity index (χ0v) is 14.7. The minimum Gasteiger partial charge on any atom is -0.336 e. The van der Waals surface area contributed by atoms with Crippen molar-refractivity contribution in [2.24, 2.45) is 11.3 Å². The van der Waals surface area contributed by atoms with Crippen LogP contribution in [0.25, 0.3) is 0 Å². The Morgan fingerprint density at radius 3 is 2.52 bits per heavy atom. The van der Waals surface area contributed by atoms with Gasteiger partial charge in [0.1, 0.15) is 5.82 Å². The molecule has 2 atom stereocenters. The van der Waals surface area contributed by atoms with Crippen LogP contribution in [-0.2, 0) is 4.79 Å². The molecule has 1 saturated heterocycles. The third-order valence-electron chi connectivity index (χ3n) is 5.53. The maximum absolute atomic E-state index is 13.1. The smallest absolute Gasteiger partial charge is 0.226 e. The number of piperidine rings is 1. The molecule has 1 aliphatic heterocycles. The van der Waals surface area contributed by atoms with Crippen LogP contribution >= 0.6 is 12.4 Å². The molecule has 3 nitrogen and oxygen atoms in total. The summed E-state index contributed by atoms with van der Waals surface area (Å²) in [5.74, 6) is 0.236. The van der Waals surface area contributed by atoms with Crippen LogP contribution in [0.1, 0.15) is 44.7 Å². The summed E-state index contributed by atoms with van der Waals surface area (Å²) in [5, 5.41) is 3.38. The number of halogens is 2. The molecule has 1 aliphatic carbocycles. The van der Waals surface area contributed by atoms with E-state index in [-0.39, 0.29) is 41.5 Å². The second-order valence-corrected chi connectivity index (χ2v) is 6.72. The Hall–Kier alpha value is -1.13. The third-order valence-corrected chi connectivity index (χ3v) is 5.53. The Labute approximate surface area is 144 Å². The highest BCUT2D eigenvalue weighted by Crippen LogP contribution is 2.59. The summed E-state index contributed by atoms with van der Waals surface area (Å²) in [6.45, 7) is 6.82. The minimum atomic E-state index is -0.235. The second-order valence-electron chi connectivity index (χ2n) is 6.72. The summed E-state index contributed by atoms with van der Waals surface area (Å²) < 4.78 is 13.1. The van der Waals surface area contributed by atoms with Gasteiger partial charge in [0.15, 0.2) is 0 Å². The van der Waals surface area contributed by atoms with Crippen molar-refractivity contribution in [3.05, 3.63) is 35.6 Å². The first kappa shape index (κ1) is 18.2. The number of rotatable bonds is 4. The van der Waals surface area contributed by atoms with Crippen LogP contribution in [0.15, 0.2) is 24.3 Å². The first-order chi connectivity index (χ1) is 10.6. The van der Waals surface area contributed by atoms with Gasteiger partial charge < -0.3 is 10.2 Å². The van der Waals surface area contributed by atoms with Gasteiger partial charge in [0.2, 0.25) is 5.91 Å². The number of nitrogens with zero attached hydrogens (tertiary/aromatic N) is 1. The van der Waals surface area contributed by atoms with Gasteiger partial charge in [0, 0.05) is 12.5 Å².